The molecule has 6 nitrogen and oxygen atoms in total. The van der Waals surface area contributed by atoms with Crippen LogP contribution in [0.2, 0.25) is 5.02 Å². The predicted octanol–water partition coefficient (Wildman–Crippen LogP) is 5.54. The Balaban J connectivity index is 1.75. The van der Waals surface area contributed by atoms with Crippen molar-refractivity contribution < 1.29 is 37.7 Å². The molecule has 4 rings (SSSR count). The maximum Gasteiger partial charge on any atom is 0.422 e. The molecule has 3 aromatic rings. The van der Waals surface area contributed by atoms with E-state index in [0.717, 1.165) is 12.1 Å². The Morgan fingerprint density at radius 1 is 1.11 bits per heavy atom. The van der Waals surface area contributed by atoms with Gasteiger partial charge in [-0.3, -0.25) is 9.59 Å². The number of hydrogen-bond acceptors (Lipinski definition) is 4. The third kappa shape index (κ3) is 4.89. The minimum Gasteiger partial charge on any atom is -0.482 e. The molecule has 0 radical (unpaired) electrons. The molecule has 0 saturated heterocycles. The van der Waals surface area contributed by atoms with Crippen molar-refractivity contribution in [1.82, 2.24) is 0 Å². The van der Waals surface area contributed by atoms with Crippen LogP contribution in [0.3, 0.4) is 0 Å². The van der Waals surface area contributed by atoms with Gasteiger partial charge >= 0.3 is 12.1 Å². The lowest BCUT2D eigenvalue weighted by atomic mass is 9.77. The topological polar surface area (TPSA) is 87.1 Å². The second kappa shape index (κ2) is 9.72. The van der Waals surface area contributed by atoms with Crippen LogP contribution in [-0.2, 0) is 21.6 Å². The van der Waals surface area contributed by atoms with Gasteiger partial charge in [0.2, 0.25) is 0 Å². The van der Waals surface area contributed by atoms with E-state index in [0.29, 0.717) is 16.7 Å². The zero-order valence-electron chi connectivity index (χ0n) is 19.8. The lowest BCUT2D eigenvalue weighted by molar-refractivity contribution is -0.274. The number of aliphatic carboxylic acids is 1. The van der Waals surface area contributed by atoms with E-state index in [9.17, 15) is 27.9 Å². The number of carboxylic acid groups (broad SMARTS) is 1. The number of likely N-dealkylation sites (N-methyl/N-ethyl adjacent to an activating group) is 1. The first kappa shape index (κ1) is 26.5. The number of anilines is 1. The Labute approximate surface area is 215 Å². The number of hydrogen-bond donors (Lipinski definition) is 2. The Morgan fingerprint density at radius 3 is 2.46 bits per heavy atom. The summed E-state index contributed by atoms with van der Waals surface area (Å²) in [5, 5.41) is 20.3. The highest BCUT2D eigenvalue weighted by Crippen LogP contribution is 2.51. The first-order valence-electron chi connectivity index (χ1n) is 11.3. The van der Waals surface area contributed by atoms with Crippen molar-refractivity contribution in [2.24, 2.45) is 0 Å². The van der Waals surface area contributed by atoms with Crippen molar-refractivity contribution in [1.29, 1.82) is 0 Å². The molecule has 194 valence electrons. The molecule has 3 aromatic carbocycles. The Hall–Kier alpha value is -3.56. The zero-order valence-corrected chi connectivity index (χ0v) is 20.6. The molecule has 37 heavy (non-hydrogen) atoms. The molecule has 0 aliphatic carbocycles. The van der Waals surface area contributed by atoms with Crippen molar-refractivity contribution in [3.8, 4) is 16.9 Å². The van der Waals surface area contributed by atoms with Crippen LogP contribution in [0.4, 0.5) is 18.9 Å². The highest BCUT2D eigenvalue weighted by atomic mass is 35.5. The van der Waals surface area contributed by atoms with Gasteiger partial charge in [-0.15, -0.1) is 0 Å². The van der Waals surface area contributed by atoms with Gasteiger partial charge in [0, 0.05) is 18.0 Å². The molecule has 1 aliphatic heterocycles. The van der Waals surface area contributed by atoms with E-state index in [1.807, 2.05) is 0 Å². The lowest BCUT2D eigenvalue weighted by Crippen LogP contribution is -2.47. The third-order valence-electron chi connectivity index (χ3n) is 6.63. The summed E-state index contributed by atoms with van der Waals surface area (Å²) in [6.07, 6.45) is -5.27. The number of carbonyl (C=O) groups is 2. The molecule has 0 saturated carbocycles. The molecule has 1 heterocycles. The second-order valence-electron chi connectivity index (χ2n) is 8.92. The van der Waals surface area contributed by atoms with Crippen LogP contribution in [-0.4, -0.2) is 41.9 Å². The van der Waals surface area contributed by atoms with Crippen LogP contribution in [0.25, 0.3) is 11.1 Å². The summed E-state index contributed by atoms with van der Waals surface area (Å²) in [6, 6.07) is 14.7. The second-order valence-corrected chi connectivity index (χ2v) is 9.32. The van der Waals surface area contributed by atoms with Gasteiger partial charge < -0.3 is 19.8 Å². The normalized spacial score (nSPS) is 16.0. The highest BCUT2D eigenvalue weighted by Gasteiger charge is 2.59. The number of benzene rings is 3. The van der Waals surface area contributed by atoms with Gasteiger partial charge in [-0.25, -0.2) is 0 Å². The number of amides is 1. The van der Waals surface area contributed by atoms with Gasteiger partial charge in [0.1, 0.15) is 5.75 Å². The molecule has 0 bridgehead atoms. The smallest absolute Gasteiger partial charge is 0.422 e. The summed E-state index contributed by atoms with van der Waals surface area (Å²) < 4.78 is 48.8. The minimum atomic E-state index is -5.09. The number of nitrogens with zero attached hydrogens (tertiary/aromatic N) is 1. The number of fused-ring (bicyclic) bond motifs is 1. The van der Waals surface area contributed by atoms with Crippen molar-refractivity contribution in [3.63, 3.8) is 0 Å². The van der Waals surface area contributed by atoms with E-state index in [2.05, 4.69) is 0 Å². The number of halogens is 4. The first-order chi connectivity index (χ1) is 17.3. The number of ether oxygens (including phenoxy) is 1. The maximum absolute atomic E-state index is 14.5. The van der Waals surface area contributed by atoms with E-state index in [1.165, 1.54) is 37.1 Å². The van der Waals surface area contributed by atoms with Gasteiger partial charge in [-0.05, 0) is 46.0 Å². The van der Waals surface area contributed by atoms with Crippen molar-refractivity contribution in [2.45, 2.75) is 31.0 Å². The maximum atomic E-state index is 14.5. The molecule has 0 spiro atoms. The largest absolute Gasteiger partial charge is 0.482 e. The Kier molecular flexibility index (Phi) is 6.96. The Morgan fingerprint density at radius 2 is 1.81 bits per heavy atom. The van der Waals surface area contributed by atoms with Crippen LogP contribution in [0.5, 0.6) is 5.75 Å². The van der Waals surface area contributed by atoms with Crippen LogP contribution in [0.15, 0.2) is 60.7 Å². The lowest BCUT2D eigenvalue weighted by Gasteiger charge is -2.38. The fraction of sp³-hybridized carbons (Fsp3) is 0.259. The van der Waals surface area contributed by atoms with E-state index < -0.39 is 35.1 Å². The van der Waals surface area contributed by atoms with Gasteiger partial charge in [0.15, 0.2) is 12.2 Å². The average molecular weight is 534 g/mol. The first-order valence-corrected chi connectivity index (χ1v) is 11.6. The van der Waals surface area contributed by atoms with E-state index in [1.54, 1.807) is 30.3 Å². The summed E-state index contributed by atoms with van der Waals surface area (Å²) >= 11 is 6.45. The van der Waals surface area contributed by atoms with Crippen LogP contribution in [0, 0.1) is 0 Å². The SMILES string of the molecule is CC(c1ccc(-c2cccc(CC(=O)O)c2)cc1Cl)C(O)(c1ccc2c(c1)N(C)C(=O)CO2)C(F)(F)F. The number of aliphatic hydroxyl groups is 1. The monoisotopic (exact) mass is 533 g/mol. The fourth-order valence-electron chi connectivity index (χ4n) is 4.49. The average Bonchev–Trinajstić information content (AvgIpc) is 2.84. The van der Waals surface area contributed by atoms with Crippen LogP contribution >= 0.6 is 11.6 Å². The van der Waals surface area contributed by atoms with E-state index in [4.69, 9.17) is 21.4 Å². The van der Waals surface area contributed by atoms with Crippen molar-refractivity contribution >= 4 is 29.2 Å². The molecular formula is C27H23ClF3NO5. The minimum absolute atomic E-state index is 0.00454. The summed E-state index contributed by atoms with van der Waals surface area (Å²) in [5.41, 5.74) is -1.84. The molecular weight excluding hydrogens is 511 g/mol. The molecule has 2 N–H and O–H groups in total. The molecule has 0 fully saturated rings. The van der Waals surface area contributed by atoms with E-state index >= 15 is 0 Å². The number of alkyl halides is 3. The van der Waals surface area contributed by atoms with Crippen LogP contribution in [0.1, 0.15) is 29.5 Å². The molecule has 2 atom stereocenters. The van der Waals surface area contributed by atoms with Gasteiger partial charge in [-0.1, -0.05) is 61.0 Å². The summed E-state index contributed by atoms with van der Waals surface area (Å²) in [5.74, 6) is -2.72. The van der Waals surface area contributed by atoms with Crippen LogP contribution < -0.4 is 9.64 Å². The predicted molar refractivity (Wildman–Crippen MR) is 132 cm³/mol. The van der Waals surface area contributed by atoms with Crippen molar-refractivity contribution in [3.05, 3.63) is 82.4 Å². The highest BCUT2D eigenvalue weighted by molar-refractivity contribution is 6.31. The number of carboxylic acids is 1. The molecule has 2 unspecified atom stereocenters. The summed E-state index contributed by atoms with van der Waals surface area (Å²) in [6.45, 7) is 0.997. The van der Waals surface area contributed by atoms with Gasteiger partial charge in [-0.2, -0.15) is 13.2 Å². The summed E-state index contributed by atoms with van der Waals surface area (Å²) in [4.78, 5) is 24.2. The zero-order chi connectivity index (χ0) is 27.1. The number of carbonyl (C=O) groups excluding carboxylic acids is 1. The number of rotatable bonds is 6. The third-order valence-corrected chi connectivity index (χ3v) is 6.95. The molecule has 1 amide bonds. The quantitative estimate of drug-likeness (QED) is 0.434. The standard InChI is InChI=1S/C27H23ClF3NO5/c1-15(20-8-6-18(12-21(20)28)17-5-3-4-16(10-17)11-25(34)35)26(36,27(29,30)31)19-7-9-23-22(13-19)32(2)24(33)14-37-23/h3-10,12-13,15,36H,11,14H2,1-2H3,(H,34,35). The van der Waals surface area contributed by atoms with Gasteiger partial charge in [0.05, 0.1) is 12.1 Å². The van der Waals surface area contributed by atoms with E-state index in [-0.39, 0.29) is 35.1 Å². The molecule has 10 heteroatoms. The summed E-state index contributed by atoms with van der Waals surface area (Å²) in [7, 11) is 1.42. The van der Waals surface area contributed by atoms with Gasteiger partial charge in [0.25, 0.3) is 5.91 Å². The molecule has 1 aliphatic rings. The fourth-order valence-corrected chi connectivity index (χ4v) is 4.83. The Bertz CT molecular complexity index is 1380. The molecule has 0 aromatic heterocycles. The van der Waals surface area contributed by atoms with Crippen molar-refractivity contribution in [2.75, 3.05) is 18.6 Å².